The van der Waals surface area contributed by atoms with Crippen LogP contribution in [0.2, 0.25) is 0 Å². The molecule has 0 amide bonds. The van der Waals surface area contributed by atoms with Crippen LogP contribution in [0.3, 0.4) is 0 Å². The number of likely N-dealkylation sites (N-methyl/N-ethyl adjacent to an activating group) is 1. The predicted octanol–water partition coefficient (Wildman–Crippen LogP) is -0.108. The maximum Gasteiger partial charge on any atom is 0.214 e. The highest BCUT2D eigenvalue weighted by molar-refractivity contribution is 7.89. The van der Waals surface area contributed by atoms with Gasteiger partial charge in [0, 0.05) is 13.1 Å². The van der Waals surface area contributed by atoms with Gasteiger partial charge < -0.3 is 10.1 Å². The zero-order chi connectivity index (χ0) is 12.2. The van der Waals surface area contributed by atoms with Gasteiger partial charge in [0.2, 0.25) is 10.0 Å². The van der Waals surface area contributed by atoms with E-state index in [9.17, 15) is 8.42 Å². The van der Waals surface area contributed by atoms with Crippen molar-refractivity contribution in [2.45, 2.75) is 19.9 Å². The molecule has 96 valence electrons. The Morgan fingerprint density at radius 2 is 2.19 bits per heavy atom. The minimum atomic E-state index is -3.14. The second-order valence-electron chi connectivity index (χ2n) is 4.57. The van der Waals surface area contributed by atoms with Crippen molar-refractivity contribution >= 4 is 10.0 Å². The molecule has 16 heavy (non-hydrogen) atoms. The van der Waals surface area contributed by atoms with Crippen molar-refractivity contribution in [3.63, 3.8) is 0 Å². The number of hydrogen-bond acceptors (Lipinski definition) is 4. The van der Waals surface area contributed by atoms with Gasteiger partial charge in [0.15, 0.2) is 0 Å². The maximum absolute atomic E-state index is 12.1. The van der Waals surface area contributed by atoms with Crippen molar-refractivity contribution in [3.8, 4) is 0 Å². The van der Waals surface area contributed by atoms with E-state index in [-0.39, 0.29) is 17.7 Å². The van der Waals surface area contributed by atoms with Crippen LogP contribution in [-0.4, -0.2) is 57.9 Å². The van der Waals surface area contributed by atoms with Crippen molar-refractivity contribution in [2.75, 3.05) is 39.1 Å². The summed E-state index contributed by atoms with van der Waals surface area (Å²) in [5.41, 5.74) is 0. The van der Waals surface area contributed by atoms with Gasteiger partial charge in [0.25, 0.3) is 0 Å². The van der Waals surface area contributed by atoms with Crippen LogP contribution in [0.15, 0.2) is 0 Å². The molecule has 1 aliphatic rings. The molecule has 1 saturated heterocycles. The molecule has 0 aromatic carbocycles. The summed E-state index contributed by atoms with van der Waals surface area (Å²) >= 11 is 0. The zero-order valence-electron chi connectivity index (χ0n) is 10.3. The summed E-state index contributed by atoms with van der Waals surface area (Å²) in [5, 5.41) is 3.01. The second kappa shape index (κ2) is 5.95. The van der Waals surface area contributed by atoms with E-state index in [1.165, 1.54) is 0 Å². The van der Waals surface area contributed by atoms with Crippen LogP contribution in [0.25, 0.3) is 0 Å². The number of hydrogen-bond donors (Lipinski definition) is 1. The maximum atomic E-state index is 12.1. The molecule has 1 rings (SSSR count). The van der Waals surface area contributed by atoms with Crippen LogP contribution in [0.5, 0.6) is 0 Å². The Morgan fingerprint density at radius 1 is 1.50 bits per heavy atom. The molecular formula is C10H22N2O3S. The van der Waals surface area contributed by atoms with Crippen LogP contribution in [0.4, 0.5) is 0 Å². The van der Waals surface area contributed by atoms with Crippen molar-refractivity contribution in [3.05, 3.63) is 0 Å². The Kier molecular flexibility index (Phi) is 5.17. The normalized spacial score (nSPS) is 23.9. The minimum absolute atomic E-state index is 0.0671. The average molecular weight is 250 g/mol. The monoisotopic (exact) mass is 250 g/mol. The lowest BCUT2D eigenvalue weighted by Crippen LogP contribution is -2.53. The van der Waals surface area contributed by atoms with E-state index in [1.807, 2.05) is 20.9 Å². The Hall–Kier alpha value is -0.170. The molecule has 5 nitrogen and oxygen atoms in total. The topological polar surface area (TPSA) is 58.6 Å². The van der Waals surface area contributed by atoms with Crippen LogP contribution < -0.4 is 5.32 Å². The number of sulfonamides is 1. The quantitative estimate of drug-likeness (QED) is 0.740. The minimum Gasteiger partial charge on any atom is -0.378 e. The summed E-state index contributed by atoms with van der Waals surface area (Å²) in [6, 6.07) is -0.0671. The van der Waals surface area contributed by atoms with Gasteiger partial charge in [0.1, 0.15) is 0 Å². The third-order valence-electron chi connectivity index (χ3n) is 2.51. The van der Waals surface area contributed by atoms with Gasteiger partial charge in [-0.3, -0.25) is 0 Å². The second-order valence-corrected chi connectivity index (χ2v) is 6.54. The first-order chi connectivity index (χ1) is 7.47. The number of nitrogens with zero attached hydrogens (tertiary/aromatic N) is 1. The summed E-state index contributed by atoms with van der Waals surface area (Å²) in [4.78, 5) is 0. The Labute approximate surface area is 98.2 Å². The Balaban J connectivity index is 2.73. The summed E-state index contributed by atoms with van der Waals surface area (Å²) in [5.74, 6) is 0.371. The van der Waals surface area contributed by atoms with Crippen molar-refractivity contribution < 1.29 is 13.2 Å². The van der Waals surface area contributed by atoms with Crippen molar-refractivity contribution in [1.82, 2.24) is 9.62 Å². The molecule has 1 aliphatic heterocycles. The van der Waals surface area contributed by atoms with E-state index in [2.05, 4.69) is 5.32 Å². The lowest BCUT2D eigenvalue weighted by Gasteiger charge is -2.34. The fourth-order valence-electron chi connectivity index (χ4n) is 1.92. The zero-order valence-corrected chi connectivity index (χ0v) is 11.1. The van der Waals surface area contributed by atoms with Gasteiger partial charge in [-0.05, 0) is 13.0 Å². The van der Waals surface area contributed by atoms with E-state index in [4.69, 9.17) is 4.74 Å². The SMILES string of the molecule is CNCC1COCCN1S(=O)(=O)CC(C)C. The van der Waals surface area contributed by atoms with Gasteiger partial charge in [0.05, 0.1) is 25.0 Å². The number of ether oxygens (including phenoxy) is 1. The molecular weight excluding hydrogens is 228 g/mol. The smallest absolute Gasteiger partial charge is 0.214 e. The highest BCUT2D eigenvalue weighted by atomic mass is 32.2. The molecule has 1 heterocycles. The van der Waals surface area contributed by atoms with Gasteiger partial charge >= 0.3 is 0 Å². The number of rotatable bonds is 5. The summed E-state index contributed by atoms with van der Waals surface area (Å²) in [6.45, 7) is 5.94. The van der Waals surface area contributed by atoms with Gasteiger partial charge in [-0.1, -0.05) is 13.8 Å². The fraction of sp³-hybridized carbons (Fsp3) is 1.00. The lowest BCUT2D eigenvalue weighted by molar-refractivity contribution is 0.0334. The first-order valence-electron chi connectivity index (χ1n) is 5.69. The van der Waals surface area contributed by atoms with Crippen LogP contribution in [-0.2, 0) is 14.8 Å². The van der Waals surface area contributed by atoms with Crippen molar-refractivity contribution in [1.29, 1.82) is 0 Å². The molecule has 0 aliphatic carbocycles. The van der Waals surface area contributed by atoms with E-state index >= 15 is 0 Å². The molecule has 6 heteroatoms. The van der Waals surface area contributed by atoms with Gasteiger partial charge in [-0.15, -0.1) is 0 Å². The molecule has 0 radical (unpaired) electrons. The highest BCUT2D eigenvalue weighted by Crippen LogP contribution is 2.14. The van der Waals surface area contributed by atoms with Crippen LogP contribution >= 0.6 is 0 Å². The Bertz CT molecular complexity index is 301. The third kappa shape index (κ3) is 3.69. The van der Waals surface area contributed by atoms with E-state index in [0.29, 0.717) is 26.3 Å². The lowest BCUT2D eigenvalue weighted by atomic mass is 10.3. The molecule has 1 atom stereocenters. The molecule has 0 bridgehead atoms. The molecule has 0 aromatic rings. The molecule has 0 spiro atoms. The third-order valence-corrected chi connectivity index (χ3v) is 4.80. The number of nitrogens with one attached hydrogen (secondary N) is 1. The Morgan fingerprint density at radius 3 is 2.75 bits per heavy atom. The highest BCUT2D eigenvalue weighted by Gasteiger charge is 2.32. The van der Waals surface area contributed by atoms with Gasteiger partial charge in [-0.25, -0.2) is 8.42 Å². The summed E-state index contributed by atoms with van der Waals surface area (Å²) in [6.07, 6.45) is 0. The van der Waals surface area contributed by atoms with Crippen molar-refractivity contribution in [2.24, 2.45) is 5.92 Å². The van der Waals surface area contributed by atoms with Gasteiger partial charge in [-0.2, -0.15) is 4.31 Å². The summed E-state index contributed by atoms with van der Waals surface area (Å²) in [7, 11) is -1.32. The first kappa shape index (κ1) is 13.9. The molecule has 1 unspecified atom stereocenters. The largest absolute Gasteiger partial charge is 0.378 e. The first-order valence-corrected chi connectivity index (χ1v) is 7.30. The average Bonchev–Trinajstić information content (AvgIpc) is 2.17. The standard InChI is InChI=1S/C10H22N2O3S/c1-9(2)8-16(13,14)12-4-5-15-7-10(12)6-11-3/h9-11H,4-8H2,1-3H3. The molecule has 1 N–H and O–H groups in total. The van der Waals surface area contributed by atoms with E-state index in [1.54, 1.807) is 4.31 Å². The summed E-state index contributed by atoms with van der Waals surface area (Å²) < 4.78 is 31.2. The van der Waals surface area contributed by atoms with Crippen LogP contribution in [0, 0.1) is 5.92 Å². The molecule has 1 fully saturated rings. The molecule has 0 saturated carbocycles. The van der Waals surface area contributed by atoms with E-state index in [0.717, 1.165) is 0 Å². The van der Waals surface area contributed by atoms with E-state index < -0.39 is 10.0 Å². The fourth-order valence-corrected chi connectivity index (χ4v) is 3.90. The molecule has 0 aromatic heterocycles. The predicted molar refractivity (Wildman–Crippen MR) is 63.9 cm³/mol. The number of morpholine rings is 1. The van der Waals surface area contributed by atoms with Crippen LogP contribution in [0.1, 0.15) is 13.8 Å².